The van der Waals surface area contributed by atoms with Crippen LogP contribution in [0.3, 0.4) is 0 Å². The van der Waals surface area contributed by atoms with Gasteiger partial charge < -0.3 is 10.6 Å². The molecule has 1 aromatic heterocycles. The molecule has 0 aliphatic heterocycles. The highest BCUT2D eigenvalue weighted by atomic mass is 16.1. The molecule has 1 aliphatic carbocycles. The molecule has 5 heteroatoms. The lowest BCUT2D eigenvalue weighted by molar-refractivity contribution is 0.0947. The fraction of sp³-hybridized carbons (Fsp3) is 0.583. The van der Waals surface area contributed by atoms with Crippen molar-refractivity contribution >= 4 is 11.7 Å². The molecule has 1 saturated carbocycles. The quantitative estimate of drug-likeness (QED) is 0.733. The van der Waals surface area contributed by atoms with Gasteiger partial charge in [0, 0.05) is 12.6 Å². The second kappa shape index (κ2) is 5.61. The van der Waals surface area contributed by atoms with E-state index in [1.165, 1.54) is 12.8 Å². The first-order valence-corrected chi connectivity index (χ1v) is 6.18. The second-order valence-corrected chi connectivity index (χ2v) is 4.33. The van der Waals surface area contributed by atoms with Crippen molar-refractivity contribution in [1.29, 1.82) is 0 Å². The van der Waals surface area contributed by atoms with E-state index in [1.807, 2.05) is 0 Å². The van der Waals surface area contributed by atoms with E-state index in [-0.39, 0.29) is 5.91 Å². The summed E-state index contributed by atoms with van der Waals surface area (Å²) in [5, 5.41) is 13.9. The van der Waals surface area contributed by atoms with Gasteiger partial charge in [0.2, 0.25) is 0 Å². The maximum absolute atomic E-state index is 11.6. The highest BCUT2D eigenvalue weighted by Gasteiger charge is 2.21. The van der Waals surface area contributed by atoms with Crippen molar-refractivity contribution in [2.24, 2.45) is 0 Å². The number of amides is 1. The van der Waals surface area contributed by atoms with Gasteiger partial charge in [-0.1, -0.05) is 13.3 Å². The van der Waals surface area contributed by atoms with E-state index in [2.05, 4.69) is 27.8 Å². The summed E-state index contributed by atoms with van der Waals surface area (Å²) in [6.45, 7) is 2.78. The highest BCUT2D eigenvalue weighted by Crippen LogP contribution is 2.23. The first kappa shape index (κ1) is 11.8. The van der Waals surface area contributed by atoms with Gasteiger partial charge in [-0.05, 0) is 31.4 Å². The zero-order chi connectivity index (χ0) is 12.1. The third-order valence-electron chi connectivity index (χ3n) is 2.64. The standard InChI is InChI=1S/C12H18N4O/c1-2-3-8-13-12(17)10-6-7-11(16-15-10)14-9-4-5-9/h6-7,9H,2-5,8H2,1H3,(H,13,17)(H,14,16). The molecular weight excluding hydrogens is 216 g/mol. The molecule has 0 unspecified atom stereocenters. The van der Waals surface area contributed by atoms with Gasteiger partial charge in [-0.3, -0.25) is 4.79 Å². The lowest BCUT2D eigenvalue weighted by Crippen LogP contribution is -2.25. The molecule has 1 heterocycles. The number of aromatic nitrogens is 2. The largest absolute Gasteiger partial charge is 0.366 e. The summed E-state index contributed by atoms with van der Waals surface area (Å²) in [7, 11) is 0. The number of carbonyl (C=O) groups is 1. The SMILES string of the molecule is CCCCNC(=O)c1ccc(NC2CC2)nn1. The van der Waals surface area contributed by atoms with Crippen LogP contribution >= 0.6 is 0 Å². The normalized spacial score (nSPS) is 14.4. The molecule has 0 radical (unpaired) electrons. The number of anilines is 1. The van der Waals surface area contributed by atoms with Gasteiger partial charge in [0.05, 0.1) is 0 Å². The fourth-order valence-corrected chi connectivity index (χ4v) is 1.44. The Balaban J connectivity index is 1.85. The molecule has 1 fully saturated rings. The minimum atomic E-state index is -0.149. The molecule has 0 spiro atoms. The predicted molar refractivity (Wildman–Crippen MR) is 65.9 cm³/mol. The van der Waals surface area contributed by atoms with Crippen LogP contribution in [-0.4, -0.2) is 28.7 Å². The van der Waals surface area contributed by atoms with Gasteiger partial charge >= 0.3 is 0 Å². The molecule has 0 atom stereocenters. The topological polar surface area (TPSA) is 66.9 Å². The van der Waals surface area contributed by atoms with Gasteiger partial charge in [0.15, 0.2) is 5.69 Å². The Kier molecular flexibility index (Phi) is 3.90. The number of carbonyl (C=O) groups excluding carboxylic acids is 1. The molecule has 1 amide bonds. The molecule has 5 nitrogen and oxygen atoms in total. The minimum absolute atomic E-state index is 0.149. The Hall–Kier alpha value is -1.65. The van der Waals surface area contributed by atoms with Gasteiger partial charge in [-0.2, -0.15) is 0 Å². The van der Waals surface area contributed by atoms with Gasteiger partial charge in [-0.15, -0.1) is 10.2 Å². The Bertz CT molecular complexity index is 373. The molecule has 92 valence electrons. The number of unbranched alkanes of at least 4 members (excludes halogenated alkanes) is 1. The number of nitrogens with one attached hydrogen (secondary N) is 2. The lowest BCUT2D eigenvalue weighted by Gasteiger charge is -2.04. The smallest absolute Gasteiger partial charge is 0.271 e. The van der Waals surface area contributed by atoms with Crippen molar-refractivity contribution in [1.82, 2.24) is 15.5 Å². The zero-order valence-corrected chi connectivity index (χ0v) is 10.1. The maximum atomic E-state index is 11.6. The van der Waals surface area contributed by atoms with Crippen LogP contribution in [0.5, 0.6) is 0 Å². The molecule has 2 rings (SSSR count). The molecular formula is C12H18N4O. The summed E-state index contributed by atoms with van der Waals surface area (Å²) in [5.74, 6) is 0.599. The molecule has 0 aromatic carbocycles. The zero-order valence-electron chi connectivity index (χ0n) is 10.1. The van der Waals surface area contributed by atoms with Gasteiger partial charge in [0.1, 0.15) is 5.82 Å². The van der Waals surface area contributed by atoms with Gasteiger partial charge in [-0.25, -0.2) is 0 Å². The summed E-state index contributed by atoms with van der Waals surface area (Å²) in [6.07, 6.45) is 4.44. The van der Waals surface area contributed by atoms with E-state index >= 15 is 0 Å². The van der Waals surface area contributed by atoms with Crippen LogP contribution in [0.25, 0.3) is 0 Å². The number of rotatable bonds is 6. The summed E-state index contributed by atoms with van der Waals surface area (Å²) in [4.78, 5) is 11.6. The Morgan fingerprint density at radius 3 is 2.82 bits per heavy atom. The van der Waals surface area contributed by atoms with Crippen LogP contribution < -0.4 is 10.6 Å². The summed E-state index contributed by atoms with van der Waals surface area (Å²) in [6, 6.07) is 4.06. The van der Waals surface area contributed by atoms with Crippen molar-refractivity contribution in [3.8, 4) is 0 Å². The van der Waals surface area contributed by atoms with E-state index in [1.54, 1.807) is 12.1 Å². The van der Waals surface area contributed by atoms with E-state index in [4.69, 9.17) is 0 Å². The predicted octanol–water partition coefficient (Wildman–Crippen LogP) is 1.58. The fourth-order valence-electron chi connectivity index (χ4n) is 1.44. The molecule has 0 saturated heterocycles. The van der Waals surface area contributed by atoms with Crippen LogP contribution in [0.2, 0.25) is 0 Å². The van der Waals surface area contributed by atoms with Crippen LogP contribution in [0, 0.1) is 0 Å². The first-order chi connectivity index (χ1) is 8.29. The summed E-state index contributed by atoms with van der Waals surface area (Å²) < 4.78 is 0. The van der Waals surface area contributed by atoms with Crippen molar-refractivity contribution in [3.63, 3.8) is 0 Å². The summed E-state index contributed by atoms with van der Waals surface area (Å²) in [5.41, 5.74) is 0.377. The van der Waals surface area contributed by atoms with Crippen LogP contribution in [0.15, 0.2) is 12.1 Å². The second-order valence-electron chi connectivity index (χ2n) is 4.33. The lowest BCUT2D eigenvalue weighted by atomic mass is 10.3. The molecule has 17 heavy (non-hydrogen) atoms. The van der Waals surface area contributed by atoms with Crippen LogP contribution in [-0.2, 0) is 0 Å². The molecule has 2 N–H and O–H groups in total. The van der Waals surface area contributed by atoms with Crippen molar-refractivity contribution in [3.05, 3.63) is 17.8 Å². The van der Waals surface area contributed by atoms with Crippen molar-refractivity contribution in [2.45, 2.75) is 38.6 Å². The third kappa shape index (κ3) is 3.69. The summed E-state index contributed by atoms with van der Waals surface area (Å²) >= 11 is 0. The number of hydrogen-bond acceptors (Lipinski definition) is 4. The molecule has 0 bridgehead atoms. The minimum Gasteiger partial charge on any atom is -0.366 e. The average Bonchev–Trinajstić information content (AvgIpc) is 3.14. The van der Waals surface area contributed by atoms with E-state index in [0.29, 0.717) is 18.3 Å². The number of hydrogen-bond donors (Lipinski definition) is 2. The van der Waals surface area contributed by atoms with Crippen molar-refractivity contribution < 1.29 is 4.79 Å². The molecule has 1 aliphatic rings. The van der Waals surface area contributed by atoms with E-state index < -0.39 is 0 Å². The Morgan fingerprint density at radius 1 is 1.41 bits per heavy atom. The average molecular weight is 234 g/mol. The Labute approximate surface area is 101 Å². The Morgan fingerprint density at radius 2 is 2.24 bits per heavy atom. The van der Waals surface area contributed by atoms with Gasteiger partial charge in [0.25, 0.3) is 5.91 Å². The van der Waals surface area contributed by atoms with Crippen molar-refractivity contribution in [2.75, 3.05) is 11.9 Å². The maximum Gasteiger partial charge on any atom is 0.271 e. The van der Waals surface area contributed by atoms with Crippen LogP contribution in [0.1, 0.15) is 43.1 Å². The monoisotopic (exact) mass is 234 g/mol. The molecule has 1 aromatic rings. The third-order valence-corrected chi connectivity index (χ3v) is 2.64. The number of nitrogens with zero attached hydrogens (tertiary/aromatic N) is 2. The van der Waals surface area contributed by atoms with E-state index in [0.717, 1.165) is 18.7 Å². The van der Waals surface area contributed by atoms with E-state index in [9.17, 15) is 4.79 Å². The first-order valence-electron chi connectivity index (χ1n) is 6.18. The van der Waals surface area contributed by atoms with Crippen LogP contribution in [0.4, 0.5) is 5.82 Å². The highest BCUT2D eigenvalue weighted by molar-refractivity contribution is 5.92.